The zero-order chi connectivity index (χ0) is 14.0. The largest absolute Gasteiger partial charge is 0.491 e. The predicted molar refractivity (Wildman–Crippen MR) is 80.2 cm³/mol. The van der Waals surface area contributed by atoms with Crippen LogP contribution in [-0.2, 0) is 4.74 Å². The van der Waals surface area contributed by atoms with E-state index in [9.17, 15) is 0 Å². The molecule has 0 aliphatic heterocycles. The minimum absolute atomic E-state index is 0.157. The Balaban J connectivity index is 1.71. The molecule has 2 rings (SSSR count). The molecule has 108 valence electrons. The maximum atomic E-state index is 8.60. The maximum Gasteiger partial charge on any atom is 0.127 e. The molecule has 0 heterocycles. The van der Waals surface area contributed by atoms with Crippen molar-refractivity contribution in [3.63, 3.8) is 0 Å². The monoisotopic (exact) mass is 275 g/mol. The number of hydrogen-bond acceptors (Lipinski definition) is 4. The predicted octanol–water partition coefficient (Wildman–Crippen LogP) is 1.82. The van der Waals surface area contributed by atoms with Crippen molar-refractivity contribution >= 4 is 10.8 Å². The lowest BCUT2D eigenvalue weighted by Crippen LogP contribution is -2.23. The highest BCUT2D eigenvalue weighted by atomic mass is 16.5. The summed E-state index contributed by atoms with van der Waals surface area (Å²) in [5.74, 6) is 0.894. The van der Waals surface area contributed by atoms with Crippen molar-refractivity contribution in [2.45, 2.75) is 0 Å². The van der Waals surface area contributed by atoms with E-state index < -0.39 is 0 Å². The van der Waals surface area contributed by atoms with Crippen LogP contribution in [0.2, 0.25) is 0 Å². The molecule has 0 atom stereocenters. The van der Waals surface area contributed by atoms with Crippen LogP contribution in [0, 0.1) is 0 Å². The van der Waals surface area contributed by atoms with E-state index >= 15 is 0 Å². The van der Waals surface area contributed by atoms with E-state index in [1.165, 1.54) is 5.39 Å². The molecule has 0 aromatic heterocycles. The second kappa shape index (κ2) is 8.53. The van der Waals surface area contributed by atoms with Gasteiger partial charge in [0, 0.05) is 18.5 Å². The van der Waals surface area contributed by atoms with E-state index in [0.29, 0.717) is 26.4 Å². The quantitative estimate of drug-likeness (QED) is 0.685. The molecule has 0 fully saturated rings. The van der Waals surface area contributed by atoms with Crippen LogP contribution in [0.1, 0.15) is 0 Å². The van der Waals surface area contributed by atoms with Gasteiger partial charge < -0.3 is 19.9 Å². The third-order valence-corrected chi connectivity index (χ3v) is 2.95. The maximum absolute atomic E-state index is 8.60. The second-order valence-corrected chi connectivity index (χ2v) is 4.41. The fraction of sp³-hybridized carbons (Fsp3) is 0.375. The number of nitrogens with one attached hydrogen (secondary N) is 1. The Morgan fingerprint density at radius 1 is 0.900 bits per heavy atom. The molecule has 0 unspecified atom stereocenters. The van der Waals surface area contributed by atoms with Gasteiger partial charge in [-0.15, -0.1) is 0 Å². The third kappa shape index (κ3) is 4.49. The molecule has 0 radical (unpaired) electrons. The summed E-state index contributed by atoms with van der Waals surface area (Å²) >= 11 is 0. The minimum Gasteiger partial charge on any atom is -0.491 e. The van der Waals surface area contributed by atoms with Gasteiger partial charge in [0.15, 0.2) is 0 Å². The van der Waals surface area contributed by atoms with Gasteiger partial charge in [0.1, 0.15) is 12.4 Å². The van der Waals surface area contributed by atoms with Gasteiger partial charge in [-0.2, -0.15) is 0 Å². The lowest BCUT2D eigenvalue weighted by Gasteiger charge is -2.10. The Kier molecular flexibility index (Phi) is 6.31. The summed E-state index contributed by atoms with van der Waals surface area (Å²) in [6, 6.07) is 14.2. The zero-order valence-electron chi connectivity index (χ0n) is 11.5. The summed E-state index contributed by atoms with van der Waals surface area (Å²) in [4.78, 5) is 0. The van der Waals surface area contributed by atoms with Crippen LogP contribution in [0.4, 0.5) is 0 Å². The van der Waals surface area contributed by atoms with Crippen LogP contribution < -0.4 is 10.1 Å². The number of ether oxygens (including phenoxy) is 2. The van der Waals surface area contributed by atoms with Crippen LogP contribution in [0.5, 0.6) is 5.75 Å². The van der Waals surface area contributed by atoms with E-state index in [0.717, 1.165) is 17.7 Å². The number of fused-ring (bicyclic) bond motifs is 1. The smallest absolute Gasteiger partial charge is 0.127 e. The first kappa shape index (κ1) is 14.8. The van der Waals surface area contributed by atoms with Crippen molar-refractivity contribution < 1.29 is 14.6 Å². The lowest BCUT2D eigenvalue weighted by molar-refractivity contribution is 0.102. The molecular formula is C16H21NO3. The molecule has 20 heavy (non-hydrogen) atoms. The van der Waals surface area contributed by atoms with Gasteiger partial charge in [0.05, 0.1) is 19.8 Å². The van der Waals surface area contributed by atoms with Crippen LogP contribution >= 0.6 is 0 Å². The summed E-state index contributed by atoms with van der Waals surface area (Å²) in [5.41, 5.74) is 0. The van der Waals surface area contributed by atoms with E-state index in [4.69, 9.17) is 14.6 Å². The lowest BCUT2D eigenvalue weighted by atomic mass is 10.1. The molecule has 2 aromatic rings. The summed E-state index contributed by atoms with van der Waals surface area (Å²) in [6.45, 7) is 3.23. The number of rotatable bonds is 9. The van der Waals surface area contributed by atoms with Gasteiger partial charge in [-0.1, -0.05) is 36.4 Å². The summed E-state index contributed by atoms with van der Waals surface area (Å²) < 4.78 is 11.2. The molecule has 2 N–H and O–H groups in total. The standard InChI is InChI=1S/C16H21NO3/c18-10-8-17-9-11-19-12-13-20-16-7-3-5-14-4-1-2-6-15(14)16/h1-7,17-18H,8-13H2. The SMILES string of the molecule is OCCNCCOCCOc1cccc2ccccc12. The first-order chi connectivity index (χ1) is 9.92. The normalized spacial score (nSPS) is 10.8. The van der Waals surface area contributed by atoms with E-state index in [2.05, 4.69) is 23.5 Å². The first-order valence-electron chi connectivity index (χ1n) is 6.91. The third-order valence-electron chi connectivity index (χ3n) is 2.95. The molecule has 0 spiro atoms. The van der Waals surface area contributed by atoms with Crippen molar-refractivity contribution in [2.24, 2.45) is 0 Å². The highest BCUT2D eigenvalue weighted by Crippen LogP contribution is 2.24. The average Bonchev–Trinajstić information content (AvgIpc) is 2.50. The van der Waals surface area contributed by atoms with Gasteiger partial charge in [-0.3, -0.25) is 0 Å². The zero-order valence-corrected chi connectivity index (χ0v) is 11.5. The van der Waals surface area contributed by atoms with E-state index in [-0.39, 0.29) is 6.61 Å². The second-order valence-electron chi connectivity index (χ2n) is 4.41. The van der Waals surface area contributed by atoms with Gasteiger partial charge in [0.2, 0.25) is 0 Å². The van der Waals surface area contributed by atoms with Crippen molar-refractivity contribution in [3.8, 4) is 5.75 Å². The van der Waals surface area contributed by atoms with E-state index in [1.54, 1.807) is 0 Å². The van der Waals surface area contributed by atoms with Gasteiger partial charge in [-0.05, 0) is 11.5 Å². The van der Waals surface area contributed by atoms with Crippen molar-refractivity contribution in [1.82, 2.24) is 5.32 Å². The number of aliphatic hydroxyl groups is 1. The summed E-state index contributed by atoms with van der Waals surface area (Å²) in [5, 5.41) is 14.0. The van der Waals surface area contributed by atoms with E-state index in [1.807, 2.05) is 24.3 Å². The molecule has 2 aromatic carbocycles. The number of aliphatic hydroxyl groups excluding tert-OH is 1. The van der Waals surface area contributed by atoms with Crippen LogP contribution in [0.25, 0.3) is 10.8 Å². The number of benzene rings is 2. The van der Waals surface area contributed by atoms with Gasteiger partial charge in [0.25, 0.3) is 0 Å². The molecule has 0 saturated carbocycles. The molecule has 4 nitrogen and oxygen atoms in total. The Bertz CT molecular complexity index is 511. The molecule has 0 saturated heterocycles. The molecule has 0 amide bonds. The van der Waals surface area contributed by atoms with Crippen LogP contribution in [-0.4, -0.2) is 44.6 Å². The fourth-order valence-corrected chi connectivity index (χ4v) is 1.98. The molecule has 4 heteroatoms. The topological polar surface area (TPSA) is 50.7 Å². The first-order valence-corrected chi connectivity index (χ1v) is 6.91. The minimum atomic E-state index is 0.157. The molecule has 0 aliphatic rings. The Morgan fingerprint density at radius 2 is 1.75 bits per heavy atom. The van der Waals surface area contributed by atoms with Gasteiger partial charge in [-0.25, -0.2) is 0 Å². The highest BCUT2D eigenvalue weighted by molar-refractivity contribution is 5.88. The fourth-order valence-electron chi connectivity index (χ4n) is 1.98. The Morgan fingerprint density at radius 3 is 2.65 bits per heavy atom. The summed E-state index contributed by atoms with van der Waals surface area (Å²) in [6.07, 6.45) is 0. The Hall–Kier alpha value is -1.62. The van der Waals surface area contributed by atoms with Crippen LogP contribution in [0.15, 0.2) is 42.5 Å². The van der Waals surface area contributed by atoms with Crippen molar-refractivity contribution in [3.05, 3.63) is 42.5 Å². The number of hydrogen-bond donors (Lipinski definition) is 2. The molecule has 0 bridgehead atoms. The molecule has 0 aliphatic carbocycles. The molecular weight excluding hydrogens is 254 g/mol. The van der Waals surface area contributed by atoms with Crippen molar-refractivity contribution in [2.75, 3.05) is 39.5 Å². The average molecular weight is 275 g/mol. The summed E-state index contributed by atoms with van der Waals surface area (Å²) in [7, 11) is 0. The van der Waals surface area contributed by atoms with Gasteiger partial charge >= 0.3 is 0 Å². The highest BCUT2D eigenvalue weighted by Gasteiger charge is 2.00. The van der Waals surface area contributed by atoms with Crippen molar-refractivity contribution in [1.29, 1.82) is 0 Å². The Labute approximate surface area is 119 Å². The van der Waals surface area contributed by atoms with Crippen LogP contribution in [0.3, 0.4) is 0 Å².